The fourth-order valence-electron chi connectivity index (χ4n) is 1.61. The molecule has 1 rings (SSSR count). The van der Waals surface area contributed by atoms with Gasteiger partial charge in [0.2, 0.25) is 5.91 Å². The molecule has 0 aromatic heterocycles. The molecule has 74 valence electrons. The Morgan fingerprint density at radius 1 is 1.77 bits per heavy atom. The van der Waals surface area contributed by atoms with Crippen molar-refractivity contribution in [3.63, 3.8) is 0 Å². The molecule has 13 heavy (non-hydrogen) atoms. The zero-order valence-corrected chi connectivity index (χ0v) is 9.02. The highest BCUT2D eigenvalue weighted by molar-refractivity contribution is 7.80. The summed E-state index contributed by atoms with van der Waals surface area (Å²) in [6.07, 6.45) is 2.15. The predicted octanol–water partition coefficient (Wildman–Crippen LogP) is 1.73. The van der Waals surface area contributed by atoms with Crippen LogP contribution in [0.3, 0.4) is 0 Å². The molecular weight excluding hydrogens is 182 g/mol. The van der Waals surface area contributed by atoms with E-state index >= 15 is 0 Å². The van der Waals surface area contributed by atoms with Gasteiger partial charge in [0.05, 0.1) is 0 Å². The van der Waals surface area contributed by atoms with Crippen LogP contribution in [0.25, 0.3) is 0 Å². The van der Waals surface area contributed by atoms with Crippen LogP contribution in [-0.2, 0) is 4.79 Å². The minimum Gasteiger partial charge on any atom is -0.338 e. The molecule has 1 amide bonds. The quantitative estimate of drug-likeness (QED) is 0.542. The molecule has 0 spiro atoms. The third-order valence-electron chi connectivity index (χ3n) is 2.44. The normalized spacial score (nSPS) is 23.4. The first kappa shape index (κ1) is 10.6. The van der Waals surface area contributed by atoms with Crippen molar-refractivity contribution in [1.82, 2.24) is 4.90 Å². The van der Waals surface area contributed by atoms with Gasteiger partial charge in [-0.15, -0.1) is 0 Å². The highest BCUT2D eigenvalue weighted by atomic mass is 32.1. The van der Waals surface area contributed by atoms with Gasteiger partial charge < -0.3 is 4.90 Å². The van der Waals surface area contributed by atoms with Crippen LogP contribution in [0.4, 0.5) is 0 Å². The molecule has 1 aliphatic rings. The second-order valence-corrected chi connectivity index (χ2v) is 4.03. The molecule has 0 aliphatic carbocycles. The van der Waals surface area contributed by atoms with Crippen molar-refractivity contribution in [3.8, 4) is 0 Å². The molecule has 2 nitrogen and oxygen atoms in total. The van der Waals surface area contributed by atoms with E-state index in [0.717, 1.165) is 25.0 Å². The van der Waals surface area contributed by atoms with E-state index in [1.54, 1.807) is 0 Å². The summed E-state index contributed by atoms with van der Waals surface area (Å²) in [5.74, 6) is 1.13. The zero-order chi connectivity index (χ0) is 9.84. The van der Waals surface area contributed by atoms with E-state index in [1.807, 2.05) is 11.8 Å². The zero-order valence-electron chi connectivity index (χ0n) is 8.12. The molecule has 3 heteroatoms. The number of hydrogen-bond acceptors (Lipinski definition) is 2. The maximum atomic E-state index is 11.6. The number of hydrogen-bond donors (Lipinski definition) is 1. The van der Waals surface area contributed by atoms with E-state index in [4.69, 9.17) is 0 Å². The number of carbonyl (C=O) groups is 1. The Hall–Kier alpha value is -0.440. The van der Waals surface area contributed by atoms with Crippen molar-refractivity contribution in [1.29, 1.82) is 0 Å². The Morgan fingerprint density at radius 2 is 2.46 bits per heavy atom. The Balaban J connectivity index is 2.49. The molecule has 1 saturated heterocycles. The summed E-state index contributed by atoms with van der Waals surface area (Å²) in [6, 6.07) is 0. The van der Waals surface area contributed by atoms with Gasteiger partial charge in [0.1, 0.15) is 0 Å². The van der Waals surface area contributed by atoms with Gasteiger partial charge >= 0.3 is 0 Å². The van der Waals surface area contributed by atoms with Crippen LogP contribution in [0.15, 0.2) is 12.2 Å². The lowest BCUT2D eigenvalue weighted by molar-refractivity contribution is -0.137. The van der Waals surface area contributed by atoms with Crippen LogP contribution < -0.4 is 0 Å². The van der Waals surface area contributed by atoms with Crippen molar-refractivity contribution < 1.29 is 4.79 Å². The molecule has 0 bridgehead atoms. The number of nitrogens with zero attached hydrogens (tertiary/aromatic N) is 1. The molecule has 1 aliphatic heterocycles. The molecule has 1 unspecified atom stereocenters. The fraction of sp³-hybridized carbons (Fsp3) is 0.700. The van der Waals surface area contributed by atoms with Gasteiger partial charge in [-0.1, -0.05) is 13.5 Å². The van der Waals surface area contributed by atoms with Crippen molar-refractivity contribution in [3.05, 3.63) is 12.2 Å². The largest absolute Gasteiger partial charge is 0.338 e. The molecule has 0 aromatic carbocycles. The molecule has 0 aromatic rings. The fourth-order valence-corrected chi connectivity index (χ4v) is 1.71. The number of likely N-dealkylation sites (tertiary alicyclic amines) is 1. The van der Waals surface area contributed by atoms with Crippen LogP contribution >= 0.6 is 12.6 Å². The van der Waals surface area contributed by atoms with Crippen molar-refractivity contribution in [2.75, 3.05) is 18.8 Å². The number of amides is 1. The smallest absolute Gasteiger partial charge is 0.225 e. The van der Waals surface area contributed by atoms with E-state index < -0.39 is 0 Å². The van der Waals surface area contributed by atoms with E-state index in [2.05, 4.69) is 19.2 Å². The third-order valence-corrected chi connectivity index (χ3v) is 2.88. The molecule has 0 saturated carbocycles. The van der Waals surface area contributed by atoms with Gasteiger partial charge in [0.15, 0.2) is 0 Å². The Kier molecular flexibility index (Phi) is 3.85. The topological polar surface area (TPSA) is 20.3 Å². The van der Waals surface area contributed by atoms with Gasteiger partial charge in [-0.3, -0.25) is 4.79 Å². The van der Waals surface area contributed by atoms with E-state index in [0.29, 0.717) is 12.3 Å². The maximum absolute atomic E-state index is 11.6. The number of thiol groups is 1. The highest BCUT2D eigenvalue weighted by Crippen LogP contribution is 2.17. The van der Waals surface area contributed by atoms with Crippen LogP contribution in [0, 0.1) is 5.92 Å². The average Bonchev–Trinajstić information content (AvgIpc) is 2.13. The predicted molar refractivity (Wildman–Crippen MR) is 58.0 cm³/mol. The first-order valence-corrected chi connectivity index (χ1v) is 5.34. The lowest BCUT2D eigenvalue weighted by atomic mass is 9.99. The summed E-state index contributed by atoms with van der Waals surface area (Å²) < 4.78 is 0. The summed E-state index contributed by atoms with van der Waals surface area (Å²) in [5, 5.41) is 0. The first-order chi connectivity index (χ1) is 6.15. The van der Waals surface area contributed by atoms with Crippen molar-refractivity contribution in [2.45, 2.75) is 19.8 Å². The van der Waals surface area contributed by atoms with Gasteiger partial charge in [0.25, 0.3) is 0 Å². The molecular formula is C10H17NOS. The Labute approximate surface area is 85.4 Å². The van der Waals surface area contributed by atoms with Crippen LogP contribution in [0.1, 0.15) is 19.8 Å². The number of rotatable bonds is 3. The molecule has 1 atom stereocenters. The first-order valence-electron chi connectivity index (χ1n) is 4.71. The summed E-state index contributed by atoms with van der Waals surface area (Å²) in [4.78, 5) is 13.5. The minimum absolute atomic E-state index is 0.196. The second kappa shape index (κ2) is 4.70. The Morgan fingerprint density at radius 3 is 3.08 bits per heavy atom. The summed E-state index contributed by atoms with van der Waals surface area (Å²) in [5.41, 5.74) is 1.02. The van der Waals surface area contributed by atoms with Gasteiger partial charge in [-0.05, 0) is 18.4 Å². The standard InChI is InChI=1S/C10H17NOS/c1-8(7-13)6-11-5-3-4-9(2)10(11)12/h9,13H,1,3-7H2,2H3. The number of piperidine rings is 1. The lowest BCUT2D eigenvalue weighted by Gasteiger charge is -2.31. The van der Waals surface area contributed by atoms with Crippen LogP contribution in [0.5, 0.6) is 0 Å². The van der Waals surface area contributed by atoms with E-state index in [-0.39, 0.29) is 11.8 Å². The van der Waals surface area contributed by atoms with Gasteiger partial charge in [-0.25, -0.2) is 0 Å². The summed E-state index contributed by atoms with van der Waals surface area (Å²) in [6.45, 7) is 7.43. The van der Waals surface area contributed by atoms with Crippen LogP contribution in [0.2, 0.25) is 0 Å². The Bertz CT molecular complexity index is 215. The van der Waals surface area contributed by atoms with Crippen molar-refractivity contribution in [2.24, 2.45) is 5.92 Å². The van der Waals surface area contributed by atoms with Crippen molar-refractivity contribution >= 4 is 18.5 Å². The molecule has 1 fully saturated rings. The molecule has 0 radical (unpaired) electrons. The maximum Gasteiger partial charge on any atom is 0.225 e. The average molecular weight is 199 g/mol. The molecule has 0 N–H and O–H groups in total. The summed E-state index contributed by atoms with van der Waals surface area (Å²) in [7, 11) is 0. The van der Waals surface area contributed by atoms with Gasteiger partial charge in [0, 0.05) is 24.8 Å². The third kappa shape index (κ3) is 2.76. The van der Waals surface area contributed by atoms with Crippen LogP contribution in [-0.4, -0.2) is 29.6 Å². The summed E-state index contributed by atoms with van der Waals surface area (Å²) >= 11 is 4.13. The SMILES string of the molecule is C=C(CS)CN1CCCC(C)C1=O. The second-order valence-electron chi connectivity index (χ2n) is 3.71. The monoisotopic (exact) mass is 199 g/mol. The van der Waals surface area contributed by atoms with Gasteiger partial charge in [-0.2, -0.15) is 12.6 Å². The van der Waals surface area contributed by atoms with E-state index in [1.165, 1.54) is 0 Å². The minimum atomic E-state index is 0.196. The van der Waals surface area contributed by atoms with E-state index in [9.17, 15) is 4.79 Å². The molecule has 1 heterocycles. The highest BCUT2D eigenvalue weighted by Gasteiger charge is 2.24. The lowest BCUT2D eigenvalue weighted by Crippen LogP contribution is -2.41. The number of carbonyl (C=O) groups excluding carboxylic acids is 1.